The summed E-state index contributed by atoms with van der Waals surface area (Å²) in [5, 5.41) is 23.9. The SMILES string of the molecule is COc1cc(-c2cc3c(c(O)c2C=O)c2ccccc2n3S(=O)(=O)c2ccccc2)c([N+](=O)[O-])cc1OC. The number of carbonyl (C=O) groups excluding carboxylic acids is 1. The highest BCUT2D eigenvalue weighted by Gasteiger charge is 2.30. The number of ether oxygens (including phenoxy) is 2. The number of aldehydes is 1. The van der Waals surface area contributed by atoms with E-state index in [0.717, 1.165) is 10.0 Å². The predicted octanol–water partition coefficient (Wildman–Crippen LogP) is 5.14. The van der Waals surface area contributed by atoms with Gasteiger partial charge >= 0.3 is 0 Å². The quantitative estimate of drug-likeness (QED) is 0.173. The number of carbonyl (C=O) groups is 1. The third kappa shape index (κ3) is 3.63. The van der Waals surface area contributed by atoms with E-state index < -0.39 is 26.4 Å². The Balaban J connectivity index is 1.98. The Morgan fingerprint density at radius 1 is 0.895 bits per heavy atom. The second kappa shape index (κ2) is 9.20. The fraction of sp³-hybridized carbons (Fsp3) is 0.0741. The van der Waals surface area contributed by atoms with Crippen molar-refractivity contribution in [3.05, 3.63) is 88.5 Å². The molecule has 5 rings (SSSR count). The molecule has 5 aromatic rings. The maximum atomic E-state index is 13.9. The number of methoxy groups -OCH3 is 2. The van der Waals surface area contributed by atoms with Crippen LogP contribution in [-0.4, -0.2) is 42.9 Å². The maximum Gasteiger partial charge on any atom is 0.281 e. The van der Waals surface area contributed by atoms with Crippen molar-refractivity contribution in [1.29, 1.82) is 0 Å². The van der Waals surface area contributed by atoms with Crippen molar-refractivity contribution in [2.75, 3.05) is 14.2 Å². The second-order valence-electron chi connectivity index (χ2n) is 8.28. The minimum Gasteiger partial charge on any atom is -0.506 e. The highest BCUT2D eigenvalue weighted by Crippen LogP contribution is 2.46. The molecule has 0 bridgehead atoms. The summed E-state index contributed by atoms with van der Waals surface area (Å²) in [5.74, 6) is -0.279. The Labute approximate surface area is 216 Å². The monoisotopic (exact) mass is 532 g/mol. The number of rotatable bonds is 7. The Kier molecular flexibility index (Phi) is 6.00. The second-order valence-corrected chi connectivity index (χ2v) is 10.1. The van der Waals surface area contributed by atoms with Gasteiger partial charge in [0.05, 0.1) is 57.7 Å². The molecule has 11 heteroatoms. The number of nitro groups is 1. The van der Waals surface area contributed by atoms with Crippen molar-refractivity contribution in [3.8, 4) is 28.4 Å². The van der Waals surface area contributed by atoms with Gasteiger partial charge in [0.2, 0.25) is 0 Å². The zero-order chi connectivity index (χ0) is 27.2. The number of aromatic hydroxyl groups is 1. The van der Waals surface area contributed by atoms with E-state index in [2.05, 4.69) is 0 Å². The normalized spacial score (nSPS) is 11.5. The lowest BCUT2D eigenvalue weighted by Crippen LogP contribution is -2.12. The molecule has 0 unspecified atom stereocenters. The van der Waals surface area contributed by atoms with Gasteiger partial charge in [-0.25, -0.2) is 12.4 Å². The number of fused-ring (bicyclic) bond motifs is 3. The van der Waals surface area contributed by atoms with Crippen LogP contribution in [0.1, 0.15) is 10.4 Å². The molecule has 0 atom stereocenters. The van der Waals surface area contributed by atoms with Gasteiger partial charge in [-0.2, -0.15) is 0 Å². The number of phenolic OH excluding ortho intramolecular Hbond substituents is 1. The molecule has 0 saturated heterocycles. The number of benzene rings is 4. The zero-order valence-electron chi connectivity index (χ0n) is 20.1. The number of nitrogens with zero attached hydrogens (tertiary/aromatic N) is 2. The van der Waals surface area contributed by atoms with Crippen molar-refractivity contribution in [2.24, 2.45) is 0 Å². The molecule has 4 aromatic carbocycles. The molecule has 0 aliphatic rings. The fourth-order valence-electron chi connectivity index (χ4n) is 4.62. The molecule has 0 aliphatic heterocycles. The summed E-state index contributed by atoms with van der Waals surface area (Å²) in [6, 6.07) is 18.1. The average molecular weight is 533 g/mol. The number of para-hydroxylation sites is 1. The van der Waals surface area contributed by atoms with Crippen LogP contribution in [0.4, 0.5) is 5.69 Å². The van der Waals surface area contributed by atoms with Crippen molar-refractivity contribution >= 4 is 43.8 Å². The van der Waals surface area contributed by atoms with E-state index in [4.69, 9.17) is 9.47 Å². The van der Waals surface area contributed by atoms with E-state index in [1.54, 1.807) is 42.5 Å². The third-order valence-corrected chi connectivity index (χ3v) is 8.06. The van der Waals surface area contributed by atoms with E-state index in [0.29, 0.717) is 11.7 Å². The summed E-state index contributed by atoms with van der Waals surface area (Å²) in [6.07, 6.45) is 0.377. The minimum absolute atomic E-state index is 0.000235. The topological polar surface area (TPSA) is 138 Å². The average Bonchev–Trinajstić information content (AvgIpc) is 3.27. The molecule has 0 radical (unpaired) electrons. The van der Waals surface area contributed by atoms with E-state index >= 15 is 0 Å². The summed E-state index contributed by atoms with van der Waals surface area (Å²) >= 11 is 0. The number of phenols is 1. The molecule has 192 valence electrons. The third-order valence-electron chi connectivity index (χ3n) is 6.32. The first kappa shape index (κ1) is 24.8. The molecule has 0 amide bonds. The summed E-state index contributed by atoms with van der Waals surface area (Å²) < 4.78 is 39.3. The predicted molar refractivity (Wildman–Crippen MR) is 141 cm³/mol. The fourth-order valence-corrected chi connectivity index (χ4v) is 6.15. The van der Waals surface area contributed by atoms with E-state index in [1.807, 2.05) is 0 Å². The van der Waals surface area contributed by atoms with Crippen LogP contribution in [0.15, 0.2) is 77.7 Å². The van der Waals surface area contributed by atoms with Crippen LogP contribution in [0, 0.1) is 10.1 Å². The first-order chi connectivity index (χ1) is 18.2. The summed E-state index contributed by atoms with van der Waals surface area (Å²) in [5.41, 5.74) is -0.494. The first-order valence-corrected chi connectivity index (χ1v) is 12.6. The van der Waals surface area contributed by atoms with Crippen molar-refractivity contribution in [1.82, 2.24) is 3.97 Å². The Hall–Kier alpha value is -4.90. The summed E-state index contributed by atoms with van der Waals surface area (Å²) in [4.78, 5) is 23.6. The molecule has 1 N–H and O–H groups in total. The molecular weight excluding hydrogens is 512 g/mol. The number of hydrogen-bond donors (Lipinski definition) is 1. The lowest BCUT2D eigenvalue weighted by molar-refractivity contribution is -0.384. The van der Waals surface area contributed by atoms with E-state index in [-0.39, 0.29) is 49.5 Å². The van der Waals surface area contributed by atoms with Crippen LogP contribution in [0.2, 0.25) is 0 Å². The van der Waals surface area contributed by atoms with Gasteiger partial charge in [-0.15, -0.1) is 0 Å². The van der Waals surface area contributed by atoms with Gasteiger partial charge < -0.3 is 14.6 Å². The van der Waals surface area contributed by atoms with E-state index in [1.165, 1.54) is 38.5 Å². The summed E-state index contributed by atoms with van der Waals surface area (Å²) in [6.45, 7) is 0. The number of hydrogen-bond acceptors (Lipinski definition) is 8. The van der Waals surface area contributed by atoms with Crippen molar-refractivity contribution in [3.63, 3.8) is 0 Å². The molecular formula is C27H20N2O8S. The van der Waals surface area contributed by atoms with Crippen molar-refractivity contribution in [2.45, 2.75) is 4.90 Å². The molecule has 1 heterocycles. The van der Waals surface area contributed by atoms with Gasteiger partial charge in [0.15, 0.2) is 17.8 Å². The van der Waals surface area contributed by atoms with Crippen LogP contribution >= 0.6 is 0 Å². The standard InChI is InChI=1S/C27H20N2O8S/c1-36-24-13-19(22(29(32)33)14-25(24)37-2)18-12-23-26(27(31)20(18)15-30)17-10-6-7-11-21(17)28(23)38(34,35)16-8-4-3-5-9-16/h3-15,31H,1-2H3. The number of aromatic nitrogens is 1. The molecule has 0 spiro atoms. The van der Waals surface area contributed by atoms with Crippen molar-refractivity contribution < 1.29 is 32.7 Å². The minimum atomic E-state index is -4.20. The molecule has 0 saturated carbocycles. The summed E-state index contributed by atoms with van der Waals surface area (Å²) in [7, 11) is -1.53. The Bertz CT molecular complexity index is 1860. The van der Waals surface area contributed by atoms with Crippen LogP contribution in [-0.2, 0) is 10.0 Å². The van der Waals surface area contributed by atoms with E-state index in [9.17, 15) is 28.4 Å². The lowest BCUT2D eigenvalue weighted by Gasteiger charge is -2.14. The largest absolute Gasteiger partial charge is 0.506 e. The first-order valence-electron chi connectivity index (χ1n) is 11.2. The Morgan fingerprint density at radius 3 is 2.16 bits per heavy atom. The molecule has 38 heavy (non-hydrogen) atoms. The smallest absolute Gasteiger partial charge is 0.281 e. The molecule has 0 fully saturated rings. The highest BCUT2D eigenvalue weighted by molar-refractivity contribution is 7.90. The molecule has 1 aromatic heterocycles. The molecule has 0 aliphatic carbocycles. The Morgan fingerprint density at radius 2 is 1.53 bits per heavy atom. The number of nitro benzene ring substituents is 1. The van der Waals surface area contributed by atoms with Crippen LogP contribution in [0.25, 0.3) is 32.9 Å². The van der Waals surface area contributed by atoms with Gasteiger partial charge in [-0.1, -0.05) is 36.4 Å². The lowest BCUT2D eigenvalue weighted by atomic mass is 9.95. The van der Waals surface area contributed by atoms with Gasteiger partial charge in [0, 0.05) is 10.9 Å². The molecule has 10 nitrogen and oxygen atoms in total. The van der Waals surface area contributed by atoms with Crippen LogP contribution in [0.3, 0.4) is 0 Å². The van der Waals surface area contributed by atoms with Gasteiger partial charge in [0.25, 0.3) is 15.7 Å². The zero-order valence-corrected chi connectivity index (χ0v) is 20.9. The van der Waals surface area contributed by atoms with Gasteiger partial charge in [-0.05, 0) is 30.3 Å². The maximum absolute atomic E-state index is 13.9. The van der Waals surface area contributed by atoms with Crippen LogP contribution < -0.4 is 9.47 Å². The highest BCUT2D eigenvalue weighted by atomic mass is 32.2. The van der Waals surface area contributed by atoms with Crippen LogP contribution in [0.5, 0.6) is 17.2 Å². The van der Waals surface area contributed by atoms with Gasteiger partial charge in [-0.3, -0.25) is 14.9 Å². The van der Waals surface area contributed by atoms with Gasteiger partial charge in [0.1, 0.15) is 5.75 Å².